The van der Waals surface area contributed by atoms with Crippen LogP contribution in [0.2, 0.25) is 0 Å². The summed E-state index contributed by atoms with van der Waals surface area (Å²) in [6, 6.07) is 17.9. The summed E-state index contributed by atoms with van der Waals surface area (Å²) >= 11 is 4.99. The monoisotopic (exact) mass is 296 g/mol. The second-order valence-corrected chi connectivity index (χ2v) is 5.78. The van der Waals surface area contributed by atoms with Gasteiger partial charge >= 0.3 is 0 Å². The molecule has 4 heteroatoms. The van der Waals surface area contributed by atoms with Crippen molar-refractivity contribution in [3.05, 3.63) is 54.6 Å². The summed E-state index contributed by atoms with van der Waals surface area (Å²) in [7, 11) is 0. The van der Waals surface area contributed by atoms with Crippen LogP contribution in [0.3, 0.4) is 0 Å². The first kappa shape index (κ1) is 13.8. The molecule has 0 radical (unpaired) electrons. The zero-order chi connectivity index (χ0) is 14.9. The third-order valence-electron chi connectivity index (χ3n) is 3.91. The maximum absolute atomic E-state index is 12.2. The van der Waals surface area contributed by atoms with Crippen LogP contribution >= 0.6 is 12.2 Å². The molecule has 3 N–H and O–H groups in total. The van der Waals surface area contributed by atoms with E-state index in [4.69, 9.17) is 18.0 Å². The van der Waals surface area contributed by atoms with Crippen LogP contribution in [0.4, 0.5) is 5.69 Å². The van der Waals surface area contributed by atoms with E-state index >= 15 is 0 Å². The highest BCUT2D eigenvalue weighted by atomic mass is 32.1. The van der Waals surface area contributed by atoms with Crippen LogP contribution in [0, 0.1) is 5.41 Å². The normalized spacial score (nSPS) is 15.2. The maximum atomic E-state index is 12.2. The molecule has 3 rings (SSSR count). The van der Waals surface area contributed by atoms with Crippen LogP contribution in [0.5, 0.6) is 0 Å². The molecule has 1 amide bonds. The summed E-state index contributed by atoms with van der Waals surface area (Å²) in [6.07, 6.45) is 1.49. The minimum absolute atomic E-state index is 0.0949. The van der Waals surface area contributed by atoms with Crippen LogP contribution in [0.15, 0.2) is 54.6 Å². The lowest BCUT2D eigenvalue weighted by Crippen LogP contribution is -2.34. The summed E-state index contributed by atoms with van der Waals surface area (Å²) < 4.78 is 0. The smallest absolute Gasteiger partial charge is 0.237 e. The van der Waals surface area contributed by atoms with E-state index in [1.54, 1.807) is 0 Å². The molecule has 0 bridgehead atoms. The van der Waals surface area contributed by atoms with Crippen LogP contribution in [-0.2, 0) is 4.79 Å². The molecule has 0 atom stereocenters. The second kappa shape index (κ2) is 5.30. The fraction of sp³-hybridized carbons (Fsp3) is 0.176. The Balaban J connectivity index is 1.74. The van der Waals surface area contributed by atoms with E-state index in [0.717, 1.165) is 29.7 Å². The second-order valence-electron chi connectivity index (χ2n) is 5.34. The SMILES string of the molecule is NC(=S)C1(C(=O)Nc2ccc(-c3ccccc3)cc2)CC1. The van der Waals surface area contributed by atoms with Crippen molar-refractivity contribution in [2.75, 3.05) is 5.32 Å². The van der Waals surface area contributed by atoms with Gasteiger partial charge in [0.15, 0.2) is 0 Å². The summed E-state index contributed by atoms with van der Waals surface area (Å²) in [5.74, 6) is -0.0949. The molecule has 21 heavy (non-hydrogen) atoms. The molecule has 2 aromatic rings. The lowest BCUT2D eigenvalue weighted by Gasteiger charge is -2.13. The molecule has 0 unspecified atom stereocenters. The van der Waals surface area contributed by atoms with Crippen molar-refractivity contribution in [2.45, 2.75) is 12.8 Å². The number of nitrogens with two attached hydrogens (primary N) is 1. The highest BCUT2D eigenvalue weighted by molar-refractivity contribution is 7.80. The van der Waals surface area contributed by atoms with Gasteiger partial charge in [-0.25, -0.2) is 0 Å². The molecule has 2 aromatic carbocycles. The van der Waals surface area contributed by atoms with Crippen LogP contribution in [0.1, 0.15) is 12.8 Å². The number of nitrogens with one attached hydrogen (secondary N) is 1. The first-order valence-corrected chi connectivity index (χ1v) is 7.29. The summed E-state index contributed by atoms with van der Waals surface area (Å²) in [4.78, 5) is 12.5. The largest absolute Gasteiger partial charge is 0.392 e. The Labute approximate surface area is 129 Å². The maximum Gasteiger partial charge on any atom is 0.237 e. The van der Waals surface area contributed by atoms with E-state index in [1.807, 2.05) is 42.5 Å². The van der Waals surface area contributed by atoms with Gasteiger partial charge in [-0.3, -0.25) is 4.79 Å². The number of carbonyl (C=O) groups excluding carboxylic acids is 1. The number of anilines is 1. The molecule has 0 saturated heterocycles. The van der Waals surface area contributed by atoms with Crippen molar-refractivity contribution in [2.24, 2.45) is 11.1 Å². The van der Waals surface area contributed by atoms with Crippen molar-refractivity contribution in [1.82, 2.24) is 0 Å². The van der Waals surface area contributed by atoms with Crippen LogP contribution in [-0.4, -0.2) is 10.9 Å². The van der Waals surface area contributed by atoms with Gasteiger partial charge in [-0.1, -0.05) is 54.7 Å². The zero-order valence-corrected chi connectivity index (χ0v) is 12.3. The van der Waals surface area contributed by atoms with Crippen molar-refractivity contribution < 1.29 is 4.79 Å². The van der Waals surface area contributed by atoms with Crippen molar-refractivity contribution in [3.8, 4) is 11.1 Å². The summed E-state index contributed by atoms with van der Waals surface area (Å²) in [6.45, 7) is 0. The number of hydrogen-bond donors (Lipinski definition) is 2. The number of benzene rings is 2. The van der Waals surface area contributed by atoms with Gasteiger partial charge in [0, 0.05) is 5.69 Å². The molecule has 0 aliphatic heterocycles. The molecule has 3 nitrogen and oxygen atoms in total. The predicted molar refractivity (Wildman–Crippen MR) is 89.0 cm³/mol. The average Bonchev–Trinajstić information content (AvgIpc) is 3.31. The fourth-order valence-corrected chi connectivity index (χ4v) is 2.63. The molecule has 1 saturated carbocycles. The summed E-state index contributed by atoms with van der Waals surface area (Å²) in [5, 5.41) is 2.90. The van der Waals surface area contributed by atoms with Crippen LogP contribution < -0.4 is 11.1 Å². The Bertz CT molecular complexity index is 676. The average molecular weight is 296 g/mol. The fourth-order valence-electron chi connectivity index (χ4n) is 2.34. The van der Waals surface area contributed by atoms with Crippen molar-refractivity contribution in [1.29, 1.82) is 0 Å². The lowest BCUT2D eigenvalue weighted by molar-refractivity contribution is -0.118. The Morgan fingerprint density at radius 2 is 1.57 bits per heavy atom. The van der Waals surface area contributed by atoms with Gasteiger partial charge in [-0.15, -0.1) is 0 Å². The van der Waals surface area contributed by atoms with Crippen molar-refractivity contribution in [3.63, 3.8) is 0 Å². The van der Waals surface area contributed by atoms with Gasteiger partial charge in [-0.05, 0) is 36.1 Å². The molecule has 0 spiro atoms. The van der Waals surface area contributed by atoms with Gasteiger partial charge in [-0.2, -0.15) is 0 Å². The Morgan fingerprint density at radius 1 is 1.00 bits per heavy atom. The molecule has 0 aromatic heterocycles. The Morgan fingerprint density at radius 3 is 2.10 bits per heavy atom. The lowest BCUT2D eigenvalue weighted by atomic mass is 10.0. The van der Waals surface area contributed by atoms with Gasteiger partial charge in [0.25, 0.3) is 0 Å². The van der Waals surface area contributed by atoms with E-state index in [-0.39, 0.29) is 5.91 Å². The highest BCUT2D eigenvalue weighted by Gasteiger charge is 2.52. The number of amides is 1. The third-order valence-corrected chi connectivity index (χ3v) is 4.30. The third kappa shape index (κ3) is 2.67. The van der Waals surface area contributed by atoms with Crippen LogP contribution in [0.25, 0.3) is 11.1 Å². The molecule has 0 heterocycles. The van der Waals surface area contributed by atoms with Gasteiger partial charge in [0.1, 0.15) is 0 Å². The summed E-state index contributed by atoms with van der Waals surface area (Å²) in [5.41, 5.74) is 8.07. The highest BCUT2D eigenvalue weighted by Crippen LogP contribution is 2.46. The standard InChI is InChI=1S/C17H16N2OS/c18-15(21)17(10-11-17)16(20)19-14-8-6-13(7-9-14)12-4-2-1-3-5-12/h1-9H,10-11H2,(H2,18,21)(H,19,20). The van der Waals surface area contributed by atoms with E-state index in [2.05, 4.69) is 17.4 Å². The van der Waals surface area contributed by atoms with E-state index in [1.165, 1.54) is 0 Å². The molecular formula is C17H16N2OS. The van der Waals surface area contributed by atoms with Crippen molar-refractivity contribution >= 4 is 28.8 Å². The van der Waals surface area contributed by atoms with E-state index in [0.29, 0.717) is 4.99 Å². The number of thiocarbonyl (C=S) groups is 1. The minimum Gasteiger partial charge on any atom is -0.392 e. The first-order valence-electron chi connectivity index (χ1n) is 6.89. The zero-order valence-electron chi connectivity index (χ0n) is 11.5. The topological polar surface area (TPSA) is 55.1 Å². The van der Waals surface area contributed by atoms with E-state index in [9.17, 15) is 4.79 Å². The Kier molecular flexibility index (Phi) is 3.47. The van der Waals surface area contributed by atoms with Gasteiger partial charge < -0.3 is 11.1 Å². The van der Waals surface area contributed by atoms with Gasteiger partial charge in [0.05, 0.1) is 10.4 Å². The number of hydrogen-bond acceptors (Lipinski definition) is 2. The van der Waals surface area contributed by atoms with E-state index < -0.39 is 5.41 Å². The first-order chi connectivity index (χ1) is 10.1. The predicted octanol–water partition coefficient (Wildman–Crippen LogP) is 3.36. The molecule has 1 aliphatic rings. The Hall–Kier alpha value is -2.20. The molecule has 106 valence electrons. The number of rotatable bonds is 4. The quantitative estimate of drug-likeness (QED) is 0.851. The van der Waals surface area contributed by atoms with Gasteiger partial charge in [0.2, 0.25) is 5.91 Å². The minimum atomic E-state index is -0.618. The molecular weight excluding hydrogens is 280 g/mol. The molecule has 1 aliphatic carbocycles. The molecule has 1 fully saturated rings. The number of carbonyl (C=O) groups is 1.